The van der Waals surface area contributed by atoms with Crippen LogP contribution in [-0.2, 0) is 0 Å². The molecule has 0 spiro atoms. The number of aromatic nitrogens is 2. The van der Waals surface area contributed by atoms with E-state index in [1.54, 1.807) is 12.4 Å². The zero-order valence-corrected chi connectivity index (χ0v) is 10.7. The van der Waals surface area contributed by atoms with Crippen LogP contribution >= 0.6 is 0 Å². The maximum absolute atomic E-state index is 6.39. The lowest BCUT2D eigenvalue weighted by molar-refractivity contribution is 0.824. The Morgan fingerprint density at radius 1 is 0.947 bits per heavy atom. The van der Waals surface area contributed by atoms with Crippen molar-refractivity contribution in [2.75, 3.05) is 0 Å². The van der Waals surface area contributed by atoms with Crippen LogP contribution in [0.4, 0.5) is 0 Å². The molecule has 2 aromatic heterocycles. The van der Waals surface area contributed by atoms with Gasteiger partial charge in [0.05, 0.1) is 17.3 Å². The van der Waals surface area contributed by atoms with E-state index in [4.69, 9.17) is 5.73 Å². The Balaban J connectivity index is 2.17. The Bertz CT molecular complexity index is 717. The van der Waals surface area contributed by atoms with E-state index in [9.17, 15) is 0 Å². The van der Waals surface area contributed by atoms with E-state index >= 15 is 0 Å². The summed E-state index contributed by atoms with van der Waals surface area (Å²) in [7, 11) is 0. The molecule has 0 saturated heterocycles. The maximum atomic E-state index is 6.39. The van der Waals surface area contributed by atoms with Gasteiger partial charge in [-0.05, 0) is 36.2 Å². The van der Waals surface area contributed by atoms with Crippen molar-refractivity contribution in [2.45, 2.75) is 13.0 Å². The van der Waals surface area contributed by atoms with E-state index < -0.39 is 0 Å². The van der Waals surface area contributed by atoms with Crippen molar-refractivity contribution in [1.82, 2.24) is 9.97 Å². The molecule has 3 heteroatoms. The molecule has 2 N–H and O–H groups in total. The number of nitrogens with zero attached hydrogens (tertiary/aromatic N) is 2. The van der Waals surface area contributed by atoms with Crippen LogP contribution in [-0.4, -0.2) is 9.97 Å². The lowest BCUT2D eigenvalue weighted by Gasteiger charge is -2.15. The lowest BCUT2D eigenvalue weighted by atomic mass is 9.97. The first-order valence-corrected chi connectivity index (χ1v) is 6.28. The van der Waals surface area contributed by atoms with Gasteiger partial charge in [-0.2, -0.15) is 0 Å². The van der Waals surface area contributed by atoms with Crippen LogP contribution in [0.5, 0.6) is 0 Å². The minimum Gasteiger partial charge on any atom is -0.319 e. The third kappa shape index (κ3) is 2.09. The summed E-state index contributed by atoms with van der Waals surface area (Å²) in [5.74, 6) is 0. The highest BCUT2D eigenvalue weighted by Crippen LogP contribution is 2.26. The standard InChI is InChI=1S/C16H15N3/c1-11-5-3-10-19-16(11)15(17)13-6-2-8-14-12(13)7-4-9-18-14/h2-10,15H,17H2,1H3. The van der Waals surface area contributed by atoms with E-state index in [1.807, 2.05) is 43.3 Å². The van der Waals surface area contributed by atoms with Crippen molar-refractivity contribution < 1.29 is 0 Å². The second kappa shape index (κ2) is 4.78. The minimum atomic E-state index is -0.228. The van der Waals surface area contributed by atoms with Crippen LogP contribution in [0, 0.1) is 6.92 Å². The van der Waals surface area contributed by atoms with Gasteiger partial charge in [0, 0.05) is 17.8 Å². The fourth-order valence-electron chi connectivity index (χ4n) is 2.37. The van der Waals surface area contributed by atoms with Crippen LogP contribution in [0.1, 0.15) is 22.9 Å². The monoisotopic (exact) mass is 249 g/mol. The molecule has 0 aliphatic rings. The first-order valence-electron chi connectivity index (χ1n) is 6.28. The molecule has 94 valence electrons. The normalized spacial score (nSPS) is 12.5. The topological polar surface area (TPSA) is 51.8 Å². The summed E-state index contributed by atoms with van der Waals surface area (Å²) in [6, 6.07) is 13.7. The van der Waals surface area contributed by atoms with E-state index in [-0.39, 0.29) is 6.04 Å². The largest absolute Gasteiger partial charge is 0.319 e. The number of benzene rings is 1. The molecule has 1 aromatic carbocycles. The number of nitrogens with two attached hydrogens (primary N) is 1. The zero-order chi connectivity index (χ0) is 13.2. The Morgan fingerprint density at radius 2 is 1.74 bits per heavy atom. The first kappa shape index (κ1) is 11.8. The molecule has 3 rings (SSSR count). The number of fused-ring (bicyclic) bond motifs is 1. The number of pyridine rings is 2. The van der Waals surface area contributed by atoms with Gasteiger partial charge in [-0.1, -0.05) is 24.3 Å². The zero-order valence-electron chi connectivity index (χ0n) is 10.7. The Hall–Kier alpha value is -2.26. The molecule has 0 bridgehead atoms. The molecule has 2 heterocycles. The molecule has 0 amide bonds. The molecule has 0 aliphatic carbocycles. The van der Waals surface area contributed by atoms with Crippen LogP contribution in [0.25, 0.3) is 10.9 Å². The van der Waals surface area contributed by atoms with Gasteiger partial charge in [0.1, 0.15) is 0 Å². The van der Waals surface area contributed by atoms with Crippen LogP contribution < -0.4 is 5.73 Å². The van der Waals surface area contributed by atoms with Gasteiger partial charge < -0.3 is 5.73 Å². The molecule has 0 fully saturated rings. The van der Waals surface area contributed by atoms with Crippen molar-refractivity contribution >= 4 is 10.9 Å². The summed E-state index contributed by atoms with van der Waals surface area (Å²) in [5.41, 5.74) is 10.4. The summed E-state index contributed by atoms with van der Waals surface area (Å²) in [5, 5.41) is 1.09. The fraction of sp³-hybridized carbons (Fsp3) is 0.125. The highest BCUT2D eigenvalue weighted by Gasteiger charge is 2.15. The molecule has 3 aromatic rings. The van der Waals surface area contributed by atoms with E-state index in [0.717, 1.165) is 27.7 Å². The molecule has 3 nitrogen and oxygen atoms in total. The molecular weight excluding hydrogens is 234 g/mol. The first-order chi connectivity index (χ1) is 9.27. The van der Waals surface area contributed by atoms with Gasteiger partial charge in [-0.25, -0.2) is 0 Å². The number of hydrogen-bond acceptors (Lipinski definition) is 3. The molecule has 0 radical (unpaired) electrons. The van der Waals surface area contributed by atoms with Crippen molar-refractivity contribution in [3.63, 3.8) is 0 Å². The van der Waals surface area contributed by atoms with E-state index in [0.29, 0.717) is 0 Å². The van der Waals surface area contributed by atoms with Crippen molar-refractivity contribution in [3.05, 3.63) is 71.7 Å². The van der Waals surface area contributed by atoms with E-state index in [1.165, 1.54) is 0 Å². The third-order valence-electron chi connectivity index (χ3n) is 3.36. The minimum absolute atomic E-state index is 0.228. The highest BCUT2D eigenvalue weighted by molar-refractivity contribution is 5.82. The second-order valence-electron chi connectivity index (χ2n) is 4.60. The molecule has 19 heavy (non-hydrogen) atoms. The SMILES string of the molecule is Cc1cccnc1C(N)c1cccc2ncccc12. The predicted octanol–water partition coefficient (Wildman–Crippen LogP) is 2.99. The molecule has 1 unspecified atom stereocenters. The Morgan fingerprint density at radius 3 is 2.58 bits per heavy atom. The van der Waals surface area contributed by atoms with Crippen LogP contribution in [0.3, 0.4) is 0 Å². The summed E-state index contributed by atoms with van der Waals surface area (Å²) >= 11 is 0. The maximum Gasteiger partial charge on any atom is 0.0735 e. The summed E-state index contributed by atoms with van der Waals surface area (Å²) in [6.07, 6.45) is 3.58. The fourth-order valence-corrected chi connectivity index (χ4v) is 2.37. The van der Waals surface area contributed by atoms with Crippen molar-refractivity contribution in [2.24, 2.45) is 5.73 Å². The van der Waals surface area contributed by atoms with Crippen LogP contribution in [0.2, 0.25) is 0 Å². The smallest absolute Gasteiger partial charge is 0.0735 e. The van der Waals surface area contributed by atoms with Gasteiger partial charge >= 0.3 is 0 Å². The summed E-state index contributed by atoms with van der Waals surface area (Å²) < 4.78 is 0. The average molecular weight is 249 g/mol. The molecule has 0 saturated carbocycles. The third-order valence-corrected chi connectivity index (χ3v) is 3.36. The second-order valence-corrected chi connectivity index (χ2v) is 4.60. The molecular formula is C16H15N3. The highest BCUT2D eigenvalue weighted by atomic mass is 14.8. The van der Waals surface area contributed by atoms with Crippen LogP contribution in [0.15, 0.2) is 54.9 Å². The quantitative estimate of drug-likeness (QED) is 0.759. The number of rotatable bonds is 2. The number of hydrogen-bond donors (Lipinski definition) is 1. The average Bonchev–Trinajstić information content (AvgIpc) is 2.46. The van der Waals surface area contributed by atoms with Gasteiger partial charge in [-0.3, -0.25) is 9.97 Å². The molecule has 1 atom stereocenters. The Kier molecular flexibility index (Phi) is 2.97. The predicted molar refractivity (Wildman–Crippen MR) is 76.7 cm³/mol. The lowest BCUT2D eigenvalue weighted by Crippen LogP contribution is -2.15. The van der Waals surface area contributed by atoms with Gasteiger partial charge in [-0.15, -0.1) is 0 Å². The molecule has 0 aliphatic heterocycles. The Labute approximate surface area is 112 Å². The summed E-state index contributed by atoms with van der Waals surface area (Å²) in [4.78, 5) is 8.78. The number of aryl methyl sites for hydroxylation is 1. The van der Waals surface area contributed by atoms with Gasteiger partial charge in [0.2, 0.25) is 0 Å². The van der Waals surface area contributed by atoms with Gasteiger partial charge in [0.25, 0.3) is 0 Å². The van der Waals surface area contributed by atoms with Gasteiger partial charge in [0.15, 0.2) is 0 Å². The van der Waals surface area contributed by atoms with Crippen molar-refractivity contribution in [3.8, 4) is 0 Å². The van der Waals surface area contributed by atoms with E-state index in [2.05, 4.69) is 16.0 Å². The van der Waals surface area contributed by atoms with Crippen molar-refractivity contribution in [1.29, 1.82) is 0 Å². The summed E-state index contributed by atoms with van der Waals surface area (Å²) in [6.45, 7) is 2.03.